The second-order valence-electron chi connectivity index (χ2n) is 6.71. The molecule has 0 saturated heterocycles. The molecule has 0 spiro atoms. The number of aryl methyl sites for hydroxylation is 2. The van der Waals surface area contributed by atoms with Crippen molar-refractivity contribution in [3.63, 3.8) is 0 Å². The van der Waals surface area contributed by atoms with Gasteiger partial charge >= 0.3 is 5.97 Å². The number of carbonyl (C=O) groups is 2. The van der Waals surface area contributed by atoms with Gasteiger partial charge in [-0.25, -0.2) is 0 Å². The number of nitrogens with zero attached hydrogens (tertiary/aromatic N) is 2. The van der Waals surface area contributed by atoms with Crippen molar-refractivity contribution in [3.8, 4) is 11.4 Å². The highest BCUT2D eigenvalue weighted by Crippen LogP contribution is 2.15. The molecule has 29 heavy (non-hydrogen) atoms. The minimum Gasteiger partial charge on any atom is -0.453 e. The van der Waals surface area contributed by atoms with Crippen molar-refractivity contribution < 1.29 is 18.8 Å². The lowest BCUT2D eigenvalue weighted by Gasteiger charge is -2.13. The van der Waals surface area contributed by atoms with Crippen molar-refractivity contribution in [2.75, 3.05) is 0 Å². The number of amides is 1. The predicted molar refractivity (Wildman–Crippen MR) is 107 cm³/mol. The Morgan fingerprint density at radius 3 is 2.55 bits per heavy atom. The molecule has 1 heterocycles. The zero-order valence-electron chi connectivity index (χ0n) is 16.4. The molecule has 1 atom stereocenters. The standard InChI is InChI=1S/C22H23N3O4/c1-15-8-10-17(11-9-15)14-23-22(27)16(2)28-20(26)13-12-19-24-21(25-29-19)18-6-4-3-5-7-18/h3-11,16H,12-14H2,1-2H3,(H,23,27)/t16-/m0/s1. The van der Waals surface area contributed by atoms with E-state index in [1.165, 1.54) is 0 Å². The smallest absolute Gasteiger partial charge is 0.307 e. The van der Waals surface area contributed by atoms with Crippen molar-refractivity contribution in [2.45, 2.75) is 39.3 Å². The molecule has 2 aromatic carbocycles. The first-order valence-corrected chi connectivity index (χ1v) is 9.42. The van der Waals surface area contributed by atoms with Crippen molar-refractivity contribution in [2.24, 2.45) is 0 Å². The summed E-state index contributed by atoms with van der Waals surface area (Å²) < 4.78 is 10.4. The molecule has 0 unspecified atom stereocenters. The van der Waals surface area contributed by atoms with Crippen LogP contribution in [-0.4, -0.2) is 28.1 Å². The molecule has 3 aromatic rings. The second-order valence-corrected chi connectivity index (χ2v) is 6.71. The normalized spacial score (nSPS) is 11.7. The van der Waals surface area contributed by atoms with Crippen LogP contribution in [-0.2, 0) is 27.3 Å². The van der Waals surface area contributed by atoms with E-state index >= 15 is 0 Å². The third-order valence-electron chi connectivity index (χ3n) is 4.31. The van der Waals surface area contributed by atoms with Gasteiger partial charge in [0, 0.05) is 18.5 Å². The third-order valence-corrected chi connectivity index (χ3v) is 4.31. The highest BCUT2D eigenvalue weighted by molar-refractivity contribution is 5.83. The first kappa shape index (κ1) is 20.3. The Balaban J connectivity index is 1.42. The number of aromatic nitrogens is 2. The summed E-state index contributed by atoms with van der Waals surface area (Å²) in [5.74, 6) is -0.0272. The van der Waals surface area contributed by atoms with Crippen molar-refractivity contribution in [3.05, 3.63) is 71.6 Å². The first-order chi connectivity index (χ1) is 14.0. The predicted octanol–water partition coefficient (Wildman–Crippen LogP) is 3.23. The summed E-state index contributed by atoms with van der Waals surface area (Å²) in [6.07, 6.45) is -0.585. The van der Waals surface area contributed by atoms with E-state index in [1.807, 2.05) is 61.5 Å². The van der Waals surface area contributed by atoms with Gasteiger partial charge in [0.1, 0.15) is 0 Å². The Hall–Kier alpha value is -3.48. The summed E-state index contributed by atoms with van der Waals surface area (Å²) in [4.78, 5) is 28.4. The quantitative estimate of drug-likeness (QED) is 0.591. The number of benzene rings is 2. The fourth-order valence-electron chi connectivity index (χ4n) is 2.62. The lowest BCUT2D eigenvalue weighted by atomic mass is 10.1. The molecule has 3 rings (SSSR count). The number of rotatable bonds is 8. The van der Waals surface area contributed by atoms with Crippen LogP contribution in [0.4, 0.5) is 0 Å². The number of ether oxygens (including phenoxy) is 1. The molecule has 1 N–H and O–H groups in total. The SMILES string of the molecule is Cc1ccc(CNC(=O)[C@H](C)OC(=O)CCc2nc(-c3ccccc3)no2)cc1. The van der Waals surface area contributed by atoms with E-state index in [2.05, 4.69) is 15.5 Å². The van der Waals surface area contributed by atoms with E-state index in [9.17, 15) is 9.59 Å². The fraction of sp³-hybridized carbons (Fsp3) is 0.273. The van der Waals surface area contributed by atoms with Gasteiger partial charge in [-0.1, -0.05) is 65.3 Å². The summed E-state index contributed by atoms with van der Waals surface area (Å²) in [6, 6.07) is 17.3. The molecule has 0 saturated carbocycles. The van der Waals surface area contributed by atoms with E-state index in [4.69, 9.17) is 9.26 Å². The van der Waals surface area contributed by atoms with Crippen LogP contribution < -0.4 is 5.32 Å². The van der Waals surface area contributed by atoms with Crippen LogP contribution in [0.15, 0.2) is 59.1 Å². The molecule has 0 fully saturated rings. The fourth-order valence-corrected chi connectivity index (χ4v) is 2.62. The second kappa shape index (κ2) is 9.64. The van der Waals surface area contributed by atoms with Gasteiger partial charge in [0.05, 0.1) is 6.42 Å². The van der Waals surface area contributed by atoms with E-state index in [0.29, 0.717) is 18.3 Å². The van der Waals surface area contributed by atoms with E-state index in [0.717, 1.165) is 16.7 Å². The van der Waals surface area contributed by atoms with Crippen LogP contribution in [0.3, 0.4) is 0 Å². The van der Waals surface area contributed by atoms with Gasteiger partial charge in [-0.05, 0) is 19.4 Å². The zero-order chi connectivity index (χ0) is 20.6. The number of nitrogens with one attached hydrogen (secondary N) is 1. The number of esters is 1. The van der Waals surface area contributed by atoms with Gasteiger partial charge in [0.15, 0.2) is 6.10 Å². The highest BCUT2D eigenvalue weighted by Gasteiger charge is 2.18. The minimum absolute atomic E-state index is 0.0476. The Bertz CT molecular complexity index is 952. The maximum atomic E-state index is 12.1. The van der Waals surface area contributed by atoms with Gasteiger partial charge in [-0.3, -0.25) is 9.59 Å². The van der Waals surface area contributed by atoms with E-state index < -0.39 is 12.1 Å². The molecule has 150 valence electrons. The highest BCUT2D eigenvalue weighted by atomic mass is 16.5. The molecule has 0 aliphatic rings. The van der Waals surface area contributed by atoms with Crippen molar-refractivity contribution in [1.29, 1.82) is 0 Å². The maximum absolute atomic E-state index is 12.1. The van der Waals surface area contributed by atoms with Crippen LogP contribution in [0.5, 0.6) is 0 Å². The molecule has 0 radical (unpaired) electrons. The Morgan fingerprint density at radius 2 is 1.83 bits per heavy atom. The lowest BCUT2D eigenvalue weighted by molar-refractivity contribution is -0.154. The molecule has 7 heteroatoms. The number of carbonyl (C=O) groups excluding carboxylic acids is 2. The van der Waals surface area contributed by atoms with Crippen molar-refractivity contribution in [1.82, 2.24) is 15.5 Å². The van der Waals surface area contributed by atoms with Gasteiger partial charge in [-0.15, -0.1) is 0 Å². The molecule has 1 amide bonds. The first-order valence-electron chi connectivity index (χ1n) is 9.42. The molecule has 1 aromatic heterocycles. The average Bonchev–Trinajstić information content (AvgIpc) is 3.21. The van der Waals surface area contributed by atoms with Crippen LogP contribution in [0.25, 0.3) is 11.4 Å². The van der Waals surface area contributed by atoms with Crippen LogP contribution in [0.1, 0.15) is 30.4 Å². The van der Waals surface area contributed by atoms with Crippen LogP contribution in [0.2, 0.25) is 0 Å². The largest absolute Gasteiger partial charge is 0.453 e. The lowest BCUT2D eigenvalue weighted by Crippen LogP contribution is -2.35. The Morgan fingerprint density at radius 1 is 1.10 bits per heavy atom. The summed E-state index contributed by atoms with van der Waals surface area (Å²) in [5.41, 5.74) is 2.97. The Labute approximate surface area is 169 Å². The molecule has 0 aliphatic heterocycles. The molecular weight excluding hydrogens is 370 g/mol. The summed E-state index contributed by atoms with van der Waals surface area (Å²) in [5, 5.41) is 6.67. The third kappa shape index (κ3) is 6.00. The molecule has 0 aliphatic carbocycles. The van der Waals surface area contributed by atoms with E-state index in [-0.39, 0.29) is 18.7 Å². The summed E-state index contributed by atoms with van der Waals surface area (Å²) in [7, 11) is 0. The van der Waals surface area contributed by atoms with Gasteiger partial charge in [-0.2, -0.15) is 4.98 Å². The van der Waals surface area contributed by atoms with Gasteiger partial charge in [0.2, 0.25) is 11.7 Å². The Kier molecular flexibility index (Phi) is 6.73. The topological polar surface area (TPSA) is 94.3 Å². The van der Waals surface area contributed by atoms with Crippen LogP contribution >= 0.6 is 0 Å². The van der Waals surface area contributed by atoms with E-state index in [1.54, 1.807) is 6.92 Å². The monoisotopic (exact) mass is 393 g/mol. The van der Waals surface area contributed by atoms with Gasteiger partial charge in [0.25, 0.3) is 5.91 Å². The molecule has 7 nitrogen and oxygen atoms in total. The summed E-state index contributed by atoms with van der Waals surface area (Å²) >= 11 is 0. The van der Waals surface area contributed by atoms with Crippen LogP contribution in [0, 0.1) is 6.92 Å². The zero-order valence-corrected chi connectivity index (χ0v) is 16.4. The van der Waals surface area contributed by atoms with Gasteiger partial charge < -0.3 is 14.6 Å². The molecular formula is C22H23N3O4. The number of hydrogen-bond acceptors (Lipinski definition) is 6. The summed E-state index contributed by atoms with van der Waals surface area (Å²) in [6.45, 7) is 3.93. The average molecular weight is 393 g/mol. The number of hydrogen-bond donors (Lipinski definition) is 1. The minimum atomic E-state index is -0.879. The van der Waals surface area contributed by atoms with Crippen molar-refractivity contribution >= 4 is 11.9 Å². The maximum Gasteiger partial charge on any atom is 0.307 e. The molecule has 0 bridgehead atoms.